The summed E-state index contributed by atoms with van der Waals surface area (Å²) in [5.74, 6) is 1.06. The molecule has 6 heteroatoms. The lowest BCUT2D eigenvalue weighted by Gasteiger charge is -2.20. The highest BCUT2D eigenvalue weighted by molar-refractivity contribution is 5.77. The number of benzene rings is 1. The van der Waals surface area contributed by atoms with Crippen molar-refractivity contribution in [3.05, 3.63) is 23.8 Å². The first-order valence-corrected chi connectivity index (χ1v) is 9.88. The highest BCUT2D eigenvalue weighted by Crippen LogP contribution is 2.32. The van der Waals surface area contributed by atoms with Crippen LogP contribution in [0.5, 0.6) is 11.5 Å². The molecule has 27 heavy (non-hydrogen) atoms. The molecule has 0 atom stereocenters. The van der Waals surface area contributed by atoms with Crippen LogP contribution in [0.2, 0.25) is 0 Å². The van der Waals surface area contributed by atoms with E-state index >= 15 is 0 Å². The Morgan fingerprint density at radius 1 is 1.04 bits per heavy atom. The van der Waals surface area contributed by atoms with Gasteiger partial charge in [-0.05, 0) is 44.7 Å². The summed E-state index contributed by atoms with van der Waals surface area (Å²) in [6.07, 6.45) is 6.46. The second kappa shape index (κ2) is 13.0. The highest BCUT2D eigenvalue weighted by atomic mass is 16.5. The lowest BCUT2D eigenvalue weighted by atomic mass is 10.0. The lowest BCUT2D eigenvalue weighted by molar-refractivity contribution is -0.133. The van der Waals surface area contributed by atoms with Gasteiger partial charge in [0, 0.05) is 19.5 Å². The van der Waals surface area contributed by atoms with E-state index in [1.54, 1.807) is 12.0 Å². The summed E-state index contributed by atoms with van der Waals surface area (Å²) in [4.78, 5) is 24.6. The Hall–Kier alpha value is -2.24. The molecule has 0 aliphatic heterocycles. The van der Waals surface area contributed by atoms with Crippen molar-refractivity contribution < 1.29 is 19.1 Å². The minimum atomic E-state index is -0.226. The van der Waals surface area contributed by atoms with Gasteiger partial charge >= 0.3 is 0 Å². The minimum absolute atomic E-state index is 0.0152. The fourth-order valence-corrected chi connectivity index (χ4v) is 3.06. The molecule has 0 radical (unpaired) electrons. The molecule has 0 bridgehead atoms. The number of aryl methyl sites for hydroxylation is 1. The standard InChI is InChI=1S/C21H34N2O4/c1-4-23(5-2)20(25)16-27-18-14-11-13-17(21(18)26-3)12-9-7-6-8-10-15-19(22)24/h11,13-14H,4-10,12,15-16H2,1-3H3,(H2,22,24). The smallest absolute Gasteiger partial charge is 0.260 e. The van der Waals surface area contributed by atoms with Gasteiger partial charge < -0.3 is 20.1 Å². The largest absolute Gasteiger partial charge is 0.493 e. The van der Waals surface area contributed by atoms with Crippen LogP contribution in [0.3, 0.4) is 0 Å². The molecule has 0 aliphatic rings. The van der Waals surface area contributed by atoms with Gasteiger partial charge in [0.05, 0.1) is 7.11 Å². The number of primary amides is 1. The zero-order valence-electron chi connectivity index (χ0n) is 17.0. The van der Waals surface area contributed by atoms with Gasteiger partial charge in [0.2, 0.25) is 5.91 Å². The first kappa shape index (κ1) is 22.8. The Morgan fingerprint density at radius 3 is 2.33 bits per heavy atom. The van der Waals surface area contributed by atoms with Crippen LogP contribution in [0.1, 0.15) is 57.9 Å². The summed E-state index contributed by atoms with van der Waals surface area (Å²) >= 11 is 0. The predicted molar refractivity (Wildman–Crippen MR) is 107 cm³/mol. The molecule has 0 unspecified atom stereocenters. The Kier molecular flexibility index (Phi) is 11.0. The number of para-hydroxylation sites is 1. The summed E-state index contributed by atoms with van der Waals surface area (Å²) in [6, 6.07) is 5.80. The number of hydrogen-bond donors (Lipinski definition) is 1. The summed E-state index contributed by atoms with van der Waals surface area (Å²) < 4.78 is 11.3. The molecule has 0 aliphatic carbocycles. The average molecular weight is 379 g/mol. The van der Waals surface area contributed by atoms with Gasteiger partial charge in [0.15, 0.2) is 18.1 Å². The Labute approximate surface area is 163 Å². The van der Waals surface area contributed by atoms with Crippen LogP contribution < -0.4 is 15.2 Å². The zero-order chi connectivity index (χ0) is 20.1. The molecular formula is C21H34N2O4. The van der Waals surface area contributed by atoms with Gasteiger partial charge in [-0.2, -0.15) is 0 Å². The van der Waals surface area contributed by atoms with Crippen LogP contribution in [0.25, 0.3) is 0 Å². The van der Waals surface area contributed by atoms with Crippen LogP contribution in [-0.2, 0) is 16.0 Å². The number of nitrogens with zero attached hydrogens (tertiary/aromatic N) is 1. The maximum Gasteiger partial charge on any atom is 0.260 e. The lowest BCUT2D eigenvalue weighted by Crippen LogP contribution is -2.34. The molecule has 1 aromatic rings. The summed E-state index contributed by atoms with van der Waals surface area (Å²) in [5, 5.41) is 0. The van der Waals surface area contributed by atoms with Crippen molar-refractivity contribution in [3.63, 3.8) is 0 Å². The molecule has 0 heterocycles. The number of carbonyl (C=O) groups excluding carboxylic acids is 2. The summed E-state index contributed by atoms with van der Waals surface area (Å²) in [7, 11) is 1.63. The SMILES string of the molecule is CCN(CC)C(=O)COc1cccc(CCCCCCCC(N)=O)c1OC. The molecule has 0 aromatic heterocycles. The van der Waals surface area contributed by atoms with Crippen LogP contribution >= 0.6 is 0 Å². The fraction of sp³-hybridized carbons (Fsp3) is 0.619. The first-order valence-electron chi connectivity index (χ1n) is 9.88. The Balaban J connectivity index is 2.51. The average Bonchev–Trinajstić information content (AvgIpc) is 2.66. The third-order valence-corrected chi connectivity index (χ3v) is 4.60. The van der Waals surface area contributed by atoms with E-state index in [0.717, 1.165) is 44.1 Å². The Bertz CT molecular complexity index is 586. The molecule has 152 valence electrons. The van der Waals surface area contributed by atoms with Crippen molar-refractivity contribution in [2.24, 2.45) is 5.73 Å². The topological polar surface area (TPSA) is 81.9 Å². The number of carbonyl (C=O) groups is 2. The Morgan fingerprint density at radius 2 is 1.70 bits per heavy atom. The van der Waals surface area contributed by atoms with Crippen LogP contribution in [0, 0.1) is 0 Å². The van der Waals surface area contributed by atoms with Crippen molar-refractivity contribution in [2.75, 3.05) is 26.8 Å². The second-order valence-electron chi connectivity index (χ2n) is 6.54. The van der Waals surface area contributed by atoms with Crippen LogP contribution in [0.15, 0.2) is 18.2 Å². The third-order valence-electron chi connectivity index (χ3n) is 4.60. The molecule has 1 rings (SSSR count). The second-order valence-corrected chi connectivity index (χ2v) is 6.54. The molecule has 2 N–H and O–H groups in total. The summed E-state index contributed by atoms with van der Waals surface area (Å²) in [5.41, 5.74) is 6.23. The van der Waals surface area contributed by atoms with E-state index in [1.807, 2.05) is 32.0 Å². The van der Waals surface area contributed by atoms with E-state index in [4.69, 9.17) is 15.2 Å². The molecule has 0 spiro atoms. The van der Waals surface area contributed by atoms with Gasteiger partial charge in [-0.25, -0.2) is 0 Å². The number of hydrogen-bond acceptors (Lipinski definition) is 4. The maximum absolute atomic E-state index is 12.1. The number of likely N-dealkylation sites (N-methyl/N-ethyl adjacent to an activating group) is 1. The van der Waals surface area contributed by atoms with E-state index in [2.05, 4.69) is 0 Å². The highest BCUT2D eigenvalue weighted by Gasteiger charge is 2.14. The number of methoxy groups -OCH3 is 1. The van der Waals surface area contributed by atoms with E-state index < -0.39 is 0 Å². The molecule has 0 fully saturated rings. The van der Waals surface area contributed by atoms with Crippen molar-refractivity contribution in [1.29, 1.82) is 0 Å². The quantitative estimate of drug-likeness (QED) is 0.504. The normalized spacial score (nSPS) is 10.5. The molecule has 6 nitrogen and oxygen atoms in total. The summed E-state index contributed by atoms with van der Waals surface area (Å²) in [6.45, 7) is 5.28. The predicted octanol–water partition coefficient (Wildman–Crippen LogP) is 3.31. The van der Waals surface area contributed by atoms with Crippen LogP contribution in [0.4, 0.5) is 0 Å². The van der Waals surface area contributed by atoms with Gasteiger partial charge in [-0.15, -0.1) is 0 Å². The number of rotatable bonds is 14. The molecule has 1 aromatic carbocycles. The van der Waals surface area contributed by atoms with Crippen LogP contribution in [-0.4, -0.2) is 43.5 Å². The maximum atomic E-state index is 12.1. The van der Waals surface area contributed by atoms with Gasteiger partial charge in [0.1, 0.15) is 0 Å². The van der Waals surface area contributed by atoms with E-state index in [-0.39, 0.29) is 18.4 Å². The molecule has 0 saturated carbocycles. The number of amides is 2. The van der Waals surface area contributed by atoms with Crippen molar-refractivity contribution in [1.82, 2.24) is 4.90 Å². The minimum Gasteiger partial charge on any atom is -0.493 e. The first-order chi connectivity index (χ1) is 13.0. The van der Waals surface area contributed by atoms with Gasteiger partial charge in [-0.1, -0.05) is 31.4 Å². The van der Waals surface area contributed by atoms with Crippen molar-refractivity contribution in [3.8, 4) is 11.5 Å². The number of unbranched alkanes of at least 4 members (excludes halogenated alkanes) is 4. The van der Waals surface area contributed by atoms with E-state index in [1.165, 1.54) is 0 Å². The molecule has 0 saturated heterocycles. The van der Waals surface area contributed by atoms with Gasteiger partial charge in [0.25, 0.3) is 5.91 Å². The zero-order valence-corrected chi connectivity index (χ0v) is 17.0. The van der Waals surface area contributed by atoms with Crippen molar-refractivity contribution >= 4 is 11.8 Å². The number of ether oxygens (including phenoxy) is 2. The molecule has 2 amide bonds. The molecular weight excluding hydrogens is 344 g/mol. The van der Waals surface area contributed by atoms with Gasteiger partial charge in [-0.3, -0.25) is 9.59 Å². The third kappa shape index (κ3) is 8.33. The number of nitrogens with two attached hydrogens (primary N) is 1. The van der Waals surface area contributed by atoms with E-state index in [0.29, 0.717) is 31.0 Å². The van der Waals surface area contributed by atoms with E-state index in [9.17, 15) is 9.59 Å². The van der Waals surface area contributed by atoms with Crippen molar-refractivity contribution in [2.45, 2.75) is 58.8 Å². The fourth-order valence-electron chi connectivity index (χ4n) is 3.06. The monoisotopic (exact) mass is 378 g/mol.